The first-order valence-electron chi connectivity index (χ1n) is 8.68. The Morgan fingerprint density at radius 2 is 1.78 bits per heavy atom. The summed E-state index contributed by atoms with van der Waals surface area (Å²) in [6.07, 6.45) is 0.245. The predicted octanol–water partition coefficient (Wildman–Crippen LogP) is 3.50. The summed E-state index contributed by atoms with van der Waals surface area (Å²) in [7, 11) is 1.62. The third-order valence-electron chi connectivity index (χ3n) is 4.50. The molecule has 140 valence electrons. The van der Waals surface area contributed by atoms with Gasteiger partial charge in [0, 0.05) is 17.8 Å². The zero-order chi connectivity index (χ0) is 19.4. The Balaban J connectivity index is 1.67. The molecule has 0 aliphatic rings. The van der Waals surface area contributed by atoms with Crippen molar-refractivity contribution in [3.63, 3.8) is 0 Å². The van der Waals surface area contributed by atoms with Crippen LogP contribution in [0.15, 0.2) is 48.5 Å². The van der Waals surface area contributed by atoms with Gasteiger partial charge in [0.2, 0.25) is 5.91 Å². The predicted molar refractivity (Wildman–Crippen MR) is 102 cm³/mol. The zero-order valence-electron chi connectivity index (χ0n) is 15.6. The topological polar surface area (TPSA) is 56.1 Å². The van der Waals surface area contributed by atoms with Crippen molar-refractivity contribution in [2.75, 3.05) is 7.11 Å². The highest BCUT2D eigenvalue weighted by Crippen LogP contribution is 2.19. The highest BCUT2D eigenvalue weighted by Gasteiger charge is 2.16. The number of ether oxygens (including phenoxy) is 1. The van der Waals surface area contributed by atoms with Crippen molar-refractivity contribution in [2.45, 2.75) is 26.8 Å². The van der Waals surface area contributed by atoms with E-state index in [9.17, 15) is 9.18 Å². The number of carbonyl (C=O) groups is 1. The van der Waals surface area contributed by atoms with Crippen LogP contribution in [0.1, 0.15) is 22.5 Å². The number of nitrogens with one attached hydrogen (secondary N) is 1. The van der Waals surface area contributed by atoms with E-state index in [4.69, 9.17) is 4.74 Å². The van der Waals surface area contributed by atoms with E-state index in [1.165, 1.54) is 12.1 Å². The molecule has 1 heterocycles. The molecule has 0 aliphatic carbocycles. The van der Waals surface area contributed by atoms with Crippen LogP contribution in [0.3, 0.4) is 0 Å². The first kappa shape index (κ1) is 18.6. The van der Waals surface area contributed by atoms with E-state index in [-0.39, 0.29) is 18.1 Å². The molecule has 0 aliphatic heterocycles. The average molecular weight is 367 g/mol. The fourth-order valence-electron chi connectivity index (χ4n) is 2.93. The highest BCUT2D eigenvalue weighted by atomic mass is 19.1. The Morgan fingerprint density at radius 3 is 2.41 bits per heavy atom. The second-order valence-corrected chi connectivity index (χ2v) is 6.34. The smallest absolute Gasteiger partial charge is 0.224 e. The van der Waals surface area contributed by atoms with Crippen molar-refractivity contribution >= 4 is 5.91 Å². The van der Waals surface area contributed by atoms with Crippen molar-refractivity contribution < 1.29 is 13.9 Å². The van der Waals surface area contributed by atoms with Crippen LogP contribution < -0.4 is 10.1 Å². The molecular formula is C21H22FN3O2. The van der Waals surface area contributed by atoms with Crippen LogP contribution in [0.4, 0.5) is 4.39 Å². The number of hydrogen-bond donors (Lipinski definition) is 1. The van der Waals surface area contributed by atoms with Crippen molar-refractivity contribution in [1.29, 1.82) is 0 Å². The summed E-state index contributed by atoms with van der Waals surface area (Å²) in [6, 6.07) is 13.7. The van der Waals surface area contributed by atoms with Crippen molar-refractivity contribution in [3.05, 3.63) is 76.9 Å². The molecule has 3 rings (SSSR count). The number of nitrogens with zero attached hydrogens (tertiary/aromatic N) is 2. The molecule has 3 aromatic rings. The number of rotatable bonds is 6. The monoisotopic (exact) mass is 367 g/mol. The van der Waals surface area contributed by atoms with E-state index in [0.29, 0.717) is 6.54 Å². The van der Waals surface area contributed by atoms with E-state index in [1.54, 1.807) is 23.9 Å². The minimum atomic E-state index is -0.293. The number of carbonyl (C=O) groups excluding carboxylic acids is 1. The molecule has 0 radical (unpaired) electrons. The van der Waals surface area contributed by atoms with Gasteiger partial charge in [-0.25, -0.2) is 9.07 Å². The molecule has 6 heteroatoms. The molecule has 0 saturated carbocycles. The molecule has 0 spiro atoms. The van der Waals surface area contributed by atoms with Gasteiger partial charge >= 0.3 is 0 Å². The van der Waals surface area contributed by atoms with Crippen molar-refractivity contribution in [2.24, 2.45) is 0 Å². The van der Waals surface area contributed by atoms with E-state index in [0.717, 1.165) is 34.0 Å². The number of benzene rings is 2. The molecule has 1 N–H and O–H groups in total. The molecule has 0 saturated heterocycles. The van der Waals surface area contributed by atoms with Gasteiger partial charge in [-0.05, 0) is 55.8 Å². The van der Waals surface area contributed by atoms with Crippen LogP contribution in [0.25, 0.3) is 5.69 Å². The lowest BCUT2D eigenvalue weighted by molar-refractivity contribution is -0.120. The van der Waals surface area contributed by atoms with Crippen molar-refractivity contribution in [1.82, 2.24) is 15.1 Å². The molecular weight excluding hydrogens is 345 g/mol. The van der Waals surface area contributed by atoms with E-state index in [2.05, 4.69) is 10.4 Å². The molecule has 27 heavy (non-hydrogen) atoms. The van der Waals surface area contributed by atoms with Gasteiger partial charge in [-0.15, -0.1) is 0 Å². The minimum Gasteiger partial charge on any atom is -0.497 e. The second kappa shape index (κ2) is 8.03. The van der Waals surface area contributed by atoms with Gasteiger partial charge in [0.05, 0.1) is 24.9 Å². The normalized spacial score (nSPS) is 10.7. The minimum absolute atomic E-state index is 0.0734. The standard InChI is InChI=1S/C21H22FN3O2/c1-14-20(15(2)25(24-14)18-8-6-17(22)7-9-18)12-21(26)23-13-16-4-10-19(27-3)11-5-16/h4-11H,12-13H2,1-3H3,(H,23,26). The van der Waals surface area contributed by atoms with Gasteiger partial charge in [-0.2, -0.15) is 5.10 Å². The quantitative estimate of drug-likeness (QED) is 0.726. The molecule has 5 nitrogen and oxygen atoms in total. The fraction of sp³-hybridized carbons (Fsp3) is 0.238. The van der Waals surface area contributed by atoms with Crippen LogP contribution in [0.5, 0.6) is 5.75 Å². The molecule has 2 aromatic carbocycles. The van der Waals surface area contributed by atoms with Gasteiger partial charge in [-0.3, -0.25) is 4.79 Å². The van der Waals surface area contributed by atoms with Crippen LogP contribution in [0.2, 0.25) is 0 Å². The molecule has 0 unspecified atom stereocenters. The van der Waals surface area contributed by atoms with E-state index in [1.807, 2.05) is 38.1 Å². The number of amides is 1. The van der Waals surface area contributed by atoms with Gasteiger partial charge in [0.1, 0.15) is 11.6 Å². The van der Waals surface area contributed by atoms with E-state index < -0.39 is 0 Å². The summed E-state index contributed by atoms with van der Waals surface area (Å²) < 4.78 is 20.0. The Bertz CT molecular complexity index is 931. The SMILES string of the molecule is COc1ccc(CNC(=O)Cc2c(C)nn(-c3ccc(F)cc3)c2C)cc1. The number of halogens is 1. The zero-order valence-corrected chi connectivity index (χ0v) is 15.6. The lowest BCUT2D eigenvalue weighted by Gasteiger charge is -2.08. The molecule has 1 amide bonds. The number of aryl methyl sites for hydroxylation is 1. The van der Waals surface area contributed by atoms with Gasteiger partial charge in [-0.1, -0.05) is 12.1 Å². The van der Waals surface area contributed by atoms with Crippen LogP contribution in [-0.4, -0.2) is 22.8 Å². The number of methoxy groups -OCH3 is 1. The maximum absolute atomic E-state index is 13.1. The molecule has 1 aromatic heterocycles. The largest absolute Gasteiger partial charge is 0.497 e. The number of aromatic nitrogens is 2. The Morgan fingerprint density at radius 1 is 1.11 bits per heavy atom. The lowest BCUT2D eigenvalue weighted by Crippen LogP contribution is -2.25. The second-order valence-electron chi connectivity index (χ2n) is 6.34. The number of hydrogen-bond acceptors (Lipinski definition) is 3. The first-order chi connectivity index (χ1) is 13.0. The Kier molecular flexibility index (Phi) is 5.54. The fourth-order valence-corrected chi connectivity index (χ4v) is 2.93. The first-order valence-corrected chi connectivity index (χ1v) is 8.68. The van der Waals surface area contributed by atoms with Gasteiger partial charge < -0.3 is 10.1 Å². The maximum atomic E-state index is 13.1. The van der Waals surface area contributed by atoms with Gasteiger partial charge in [0.15, 0.2) is 0 Å². The summed E-state index contributed by atoms with van der Waals surface area (Å²) in [6.45, 7) is 4.24. The third-order valence-corrected chi connectivity index (χ3v) is 4.50. The maximum Gasteiger partial charge on any atom is 0.224 e. The highest BCUT2D eigenvalue weighted by molar-refractivity contribution is 5.79. The Hall–Kier alpha value is -3.15. The van der Waals surface area contributed by atoms with Crippen molar-refractivity contribution in [3.8, 4) is 11.4 Å². The molecule has 0 atom stereocenters. The van der Waals surface area contributed by atoms with Crippen LogP contribution >= 0.6 is 0 Å². The summed E-state index contributed by atoms with van der Waals surface area (Å²) in [5, 5.41) is 7.43. The van der Waals surface area contributed by atoms with Crippen LogP contribution in [-0.2, 0) is 17.8 Å². The van der Waals surface area contributed by atoms with Gasteiger partial charge in [0.25, 0.3) is 0 Å². The van der Waals surface area contributed by atoms with E-state index >= 15 is 0 Å². The summed E-state index contributed by atoms with van der Waals surface area (Å²) in [5.74, 6) is 0.415. The molecule has 0 bridgehead atoms. The average Bonchev–Trinajstić information content (AvgIpc) is 2.95. The van der Waals surface area contributed by atoms with Crippen LogP contribution in [0, 0.1) is 19.7 Å². The summed E-state index contributed by atoms with van der Waals surface area (Å²) >= 11 is 0. The Labute approximate surface area is 157 Å². The third kappa shape index (κ3) is 4.34. The molecule has 0 fully saturated rings. The lowest BCUT2D eigenvalue weighted by atomic mass is 10.1. The summed E-state index contributed by atoms with van der Waals surface area (Å²) in [5.41, 5.74) is 4.31. The summed E-state index contributed by atoms with van der Waals surface area (Å²) in [4.78, 5) is 12.4.